The Morgan fingerprint density at radius 1 is 1.24 bits per heavy atom. The topological polar surface area (TPSA) is 84.9 Å². The molecule has 0 aliphatic carbocycles. The maximum atomic E-state index is 13.6. The summed E-state index contributed by atoms with van der Waals surface area (Å²) >= 11 is 0. The number of amides is 2. The summed E-state index contributed by atoms with van der Waals surface area (Å²) in [5.41, 5.74) is 1.65. The number of nitrogens with one attached hydrogen (secondary N) is 1. The molecule has 2 fully saturated rings. The Morgan fingerprint density at radius 2 is 1.94 bits per heavy atom. The molecule has 2 saturated heterocycles. The number of ether oxygens (including phenoxy) is 2. The van der Waals surface area contributed by atoms with Gasteiger partial charge >= 0.3 is 5.97 Å². The van der Waals surface area contributed by atoms with Crippen molar-refractivity contribution in [3.8, 4) is 0 Å². The summed E-state index contributed by atoms with van der Waals surface area (Å²) in [5.74, 6) is -2.70. The summed E-state index contributed by atoms with van der Waals surface area (Å²) < 4.78 is 12.0. The van der Waals surface area contributed by atoms with Crippen LogP contribution in [0.15, 0.2) is 30.4 Å². The highest BCUT2D eigenvalue weighted by atomic mass is 16.6. The van der Waals surface area contributed by atoms with E-state index in [2.05, 4.69) is 5.32 Å². The number of nitrogens with zero attached hydrogens (tertiary/aromatic N) is 1. The van der Waals surface area contributed by atoms with Crippen molar-refractivity contribution in [3.63, 3.8) is 0 Å². The Bertz CT molecular complexity index is 1020. The minimum absolute atomic E-state index is 0.143. The maximum Gasteiger partial charge on any atom is 0.313 e. The highest BCUT2D eigenvalue weighted by Crippen LogP contribution is 2.53. The first kappa shape index (κ1) is 23.5. The first-order chi connectivity index (χ1) is 15.3. The van der Waals surface area contributed by atoms with Crippen LogP contribution in [0.5, 0.6) is 0 Å². The molecule has 7 heteroatoms. The number of hydrogen-bond donors (Lipinski definition) is 1. The first-order valence-corrected chi connectivity index (χ1v) is 11.6. The first-order valence-electron chi connectivity index (χ1n) is 11.6. The van der Waals surface area contributed by atoms with Crippen molar-refractivity contribution in [2.75, 3.05) is 11.4 Å². The van der Waals surface area contributed by atoms with Crippen molar-refractivity contribution < 1.29 is 23.9 Å². The van der Waals surface area contributed by atoms with E-state index in [1.165, 1.54) is 0 Å². The van der Waals surface area contributed by atoms with Crippen LogP contribution in [0.3, 0.4) is 0 Å². The van der Waals surface area contributed by atoms with Gasteiger partial charge < -0.3 is 19.7 Å². The number of carbonyl (C=O) groups excluding carboxylic acids is 3. The Morgan fingerprint density at radius 3 is 2.55 bits per heavy atom. The van der Waals surface area contributed by atoms with Crippen LogP contribution in [0.25, 0.3) is 0 Å². The number of rotatable bonds is 5. The third kappa shape index (κ3) is 4.07. The van der Waals surface area contributed by atoms with Crippen LogP contribution in [-0.4, -0.2) is 47.7 Å². The van der Waals surface area contributed by atoms with E-state index in [-0.39, 0.29) is 17.7 Å². The zero-order valence-electron chi connectivity index (χ0n) is 20.5. The Kier molecular flexibility index (Phi) is 5.68. The number of carbonyl (C=O) groups is 3. The molecule has 7 nitrogen and oxygen atoms in total. The van der Waals surface area contributed by atoms with Gasteiger partial charge in [0.1, 0.15) is 11.5 Å². The molecule has 2 bridgehead atoms. The Labute approximate surface area is 195 Å². The number of hydrogen-bond acceptors (Lipinski definition) is 5. The lowest BCUT2D eigenvalue weighted by atomic mass is 9.77. The minimum atomic E-state index is -0.942. The van der Waals surface area contributed by atoms with E-state index >= 15 is 0 Å². The van der Waals surface area contributed by atoms with E-state index in [1.807, 2.05) is 78.8 Å². The molecule has 0 unspecified atom stereocenters. The van der Waals surface area contributed by atoms with Crippen LogP contribution in [0, 0.1) is 31.6 Å². The molecule has 1 spiro atoms. The number of benzene rings is 1. The molecule has 1 N–H and O–H groups in total. The molecular formula is C26H34N2O5. The largest absolute Gasteiger partial charge is 0.452 e. The molecule has 33 heavy (non-hydrogen) atoms. The summed E-state index contributed by atoms with van der Waals surface area (Å²) in [7, 11) is 0. The van der Waals surface area contributed by atoms with E-state index in [0.717, 1.165) is 16.8 Å². The smallest absolute Gasteiger partial charge is 0.313 e. The molecule has 3 aliphatic rings. The fraction of sp³-hybridized carbons (Fsp3) is 0.577. The zero-order valence-corrected chi connectivity index (χ0v) is 20.5. The van der Waals surface area contributed by atoms with Crippen LogP contribution in [0.1, 0.15) is 45.7 Å². The lowest BCUT2D eigenvalue weighted by Gasteiger charge is -2.29. The van der Waals surface area contributed by atoms with E-state index < -0.39 is 41.2 Å². The van der Waals surface area contributed by atoms with Crippen molar-refractivity contribution in [2.45, 2.75) is 71.8 Å². The van der Waals surface area contributed by atoms with Crippen LogP contribution in [0.4, 0.5) is 5.69 Å². The summed E-state index contributed by atoms with van der Waals surface area (Å²) in [4.78, 5) is 41.5. The van der Waals surface area contributed by atoms with Gasteiger partial charge in [-0.15, -0.1) is 0 Å². The quantitative estimate of drug-likeness (QED) is 0.546. The molecule has 1 aromatic rings. The summed E-state index contributed by atoms with van der Waals surface area (Å²) in [6.45, 7) is 13.6. The van der Waals surface area contributed by atoms with Crippen LogP contribution >= 0.6 is 0 Å². The number of anilines is 1. The SMILES string of the molecule is Cc1ccc(N2C[C@@]34C=C[C@@H](O3)[C@H](C(=O)O[C@@H](C(=O)NC(C)(C)C)C(C)C)[C@@H]4C2=O)c(C)c1. The van der Waals surface area contributed by atoms with Crippen molar-refractivity contribution >= 4 is 23.5 Å². The standard InChI is InChI=1S/C26H34N2O5/c1-14(2)21(22(29)27-25(5,6)7)32-24(31)19-18-10-11-26(33-18)13-28(23(30)20(19)26)17-9-8-15(3)12-16(17)4/h8-12,14,18-21H,13H2,1-7H3,(H,27,29)/t18-,19+,20-,21-,26-/m1/s1. The van der Waals surface area contributed by atoms with Gasteiger partial charge in [0.2, 0.25) is 5.91 Å². The van der Waals surface area contributed by atoms with Gasteiger partial charge in [0.25, 0.3) is 5.91 Å². The maximum absolute atomic E-state index is 13.6. The molecule has 0 aromatic heterocycles. The lowest BCUT2D eigenvalue weighted by molar-refractivity contribution is -0.165. The second-order valence-electron chi connectivity index (χ2n) is 11.0. The van der Waals surface area contributed by atoms with Crippen LogP contribution < -0.4 is 10.2 Å². The predicted octanol–water partition coefficient (Wildman–Crippen LogP) is 3.07. The molecule has 178 valence electrons. The lowest BCUT2D eigenvalue weighted by Crippen LogP contribution is -2.50. The van der Waals surface area contributed by atoms with Gasteiger partial charge in [0.15, 0.2) is 6.10 Å². The normalized spacial score (nSPS) is 28.9. The third-order valence-electron chi connectivity index (χ3n) is 6.62. The summed E-state index contributed by atoms with van der Waals surface area (Å²) in [6.07, 6.45) is 2.30. The molecule has 3 aliphatic heterocycles. The molecule has 1 aromatic carbocycles. The van der Waals surface area contributed by atoms with E-state index in [4.69, 9.17) is 9.47 Å². The third-order valence-corrected chi connectivity index (χ3v) is 6.62. The Hall–Kier alpha value is -2.67. The van der Waals surface area contributed by atoms with E-state index in [9.17, 15) is 14.4 Å². The van der Waals surface area contributed by atoms with Gasteiger partial charge in [-0.1, -0.05) is 43.7 Å². The summed E-state index contributed by atoms with van der Waals surface area (Å²) in [5, 5.41) is 2.89. The van der Waals surface area contributed by atoms with Crippen molar-refractivity contribution in [1.82, 2.24) is 5.32 Å². The molecule has 3 heterocycles. The van der Waals surface area contributed by atoms with Crippen LogP contribution in [0.2, 0.25) is 0 Å². The van der Waals surface area contributed by atoms with Gasteiger partial charge in [-0.3, -0.25) is 14.4 Å². The minimum Gasteiger partial charge on any atom is -0.452 e. The fourth-order valence-electron chi connectivity index (χ4n) is 5.22. The number of fused-ring (bicyclic) bond motifs is 1. The molecule has 4 rings (SSSR count). The van der Waals surface area contributed by atoms with Gasteiger partial charge in [-0.05, 0) is 52.2 Å². The number of aryl methyl sites for hydroxylation is 2. The molecule has 0 saturated carbocycles. The van der Waals surface area contributed by atoms with E-state index in [0.29, 0.717) is 6.54 Å². The fourth-order valence-corrected chi connectivity index (χ4v) is 5.22. The number of esters is 1. The average molecular weight is 455 g/mol. The van der Waals surface area contributed by atoms with E-state index in [1.54, 1.807) is 4.90 Å². The molecule has 0 radical (unpaired) electrons. The molecule has 5 atom stereocenters. The highest BCUT2D eigenvalue weighted by Gasteiger charge is 2.67. The Balaban J connectivity index is 1.58. The van der Waals surface area contributed by atoms with Crippen molar-refractivity contribution in [3.05, 3.63) is 41.5 Å². The van der Waals surface area contributed by atoms with Gasteiger partial charge in [0, 0.05) is 11.2 Å². The van der Waals surface area contributed by atoms with Gasteiger partial charge in [-0.25, -0.2) is 0 Å². The molecular weight excluding hydrogens is 420 g/mol. The molecule has 2 amide bonds. The monoisotopic (exact) mass is 454 g/mol. The van der Waals surface area contributed by atoms with Crippen LogP contribution in [-0.2, 0) is 23.9 Å². The average Bonchev–Trinajstić information content (AvgIpc) is 3.32. The summed E-state index contributed by atoms with van der Waals surface area (Å²) in [6, 6.07) is 5.95. The van der Waals surface area contributed by atoms with Gasteiger partial charge in [-0.2, -0.15) is 0 Å². The van der Waals surface area contributed by atoms with Crippen molar-refractivity contribution in [2.24, 2.45) is 17.8 Å². The predicted molar refractivity (Wildman–Crippen MR) is 125 cm³/mol. The van der Waals surface area contributed by atoms with Crippen molar-refractivity contribution in [1.29, 1.82) is 0 Å². The second-order valence-corrected chi connectivity index (χ2v) is 11.0. The zero-order chi connectivity index (χ0) is 24.3. The highest BCUT2D eigenvalue weighted by molar-refractivity contribution is 6.03. The second kappa shape index (κ2) is 7.97. The van der Waals surface area contributed by atoms with Gasteiger partial charge in [0.05, 0.1) is 18.6 Å².